The third kappa shape index (κ3) is 6.72. The number of thioether (sulfide) groups is 1. The Morgan fingerprint density at radius 2 is 1.81 bits per heavy atom. The zero-order chi connectivity index (χ0) is 26.4. The molecule has 9 heteroatoms. The maximum Gasteiger partial charge on any atom is 0.343 e. The fourth-order valence-corrected chi connectivity index (χ4v) is 4.60. The molecule has 1 aliphatic rings. The molecule has 0 saturated carbocycles. The van der Waals surface area contributed by atoms with Gasteiger partial charge in [0.25, 0.3) is 11.1 Å². The smallest absolute Gasteiger partial charge is 0.343 e. The standard InChI is InChI=1S/C28H24ClNO6S/c1-3-34-24-15-19(10-11-23(24)36-27(32)20-7-5-8-21(29)17-20)16-25-26(31)30(28(33)37-25)12-13-35-22-9-4-6-18(2)14-22/h4-11,14-17H,3,12-13H2,1-2H3/b25-16-. The van der Waals surface area contributed by atoms with Crippen molar-refractivity contribution in [1.29, 1.82) is 0 Å². The van der Waals surface area contributed by atoms with E-state index in [2.05, 4.69) is 0 Å². The minimum absolute atomic E-state index is 0.137. The van der Waals surface area contributed by atoms with Crippen molar-refractivity contribution < 1.29 is 28.6 Å². The van der Waals surface area contributed by atoms with Gasteiger partial charge in [0, 0.05) is 5.02 Å². The third-order valence-electron chi connectivity index (χ3n) is 5.28. The van der Waals surface area contributed by atoms with Gasteiger partial charge in [-0.3, -0.25) is 14.5 Å². The van der Waals surface area contributed by atoms with Crippen LogP contribution in [-0.4, -0.2) is 41.8 Å². The molecule has 0 bridgehead atoms. The number of halogens is 1. The number of nitrogens with zero attached hydrogens (tertiary/aromatic N) is 1. The summed E-state index contributed by atoms with van der Waals surface area (Å²) in [5, 5.41) is 0.0618. The minimum atomic E-state index is -0.579. The second kappa shape index (κ2) is 12.0. The van der Waals surface area contributed by atoms with E-state index in [0.29, 0.717) is 34.3 Å². The molecule has 1 fully saturated rings. The van der Waals surface area contributed by atoms with Gasteiger partial charge in [-0.1, -0.05) is 35.9 Å². The molecule has 0 N–H and O–H groups in total. The topological polar surface area (TPSA) is 82.1 Å². The zero-order valence-corrected chi connectivity index (χ0v) is 21.8. The Morgan fingerprint density at radius 3 is 2.57 bits per heavy atom. The molecule has 4 rings (SSSR count). The average molecular weight is 538 g/mol. The Bertz CT molecular complexity index is 1370. The van der Waals surface area contributed by atoms with Gasteiger partial charge in [-0.15, -0.1) is 0 Å². The van der Waals surface area contributed by atoms with Crippen molar-refractivity contribution in [1.82, 2.24) is 4.90 Å². The first kappa shape index (κ1) is 26.3. The summed E-state index contributed by atoms with van der Waals surface area (Å²) in [5.41, 5.74) is 1.98. The highest BCUT2D eigenvalue weighted by Crippen LogP contribution is 2.35. The number of benzene rings is 3. The van der Waals surface area contributed by atoms with Gasteiger partial charge in [0.1, 0.15) is 12.4 Å². The van der Waals surface area contributed by atoms with E-state index in [1.807, 2.05) is 31.2 Å². The Kier molecular flexibility index (Phi) is 8.53. The number of carbonyl (C=O) groups excluding carboxylic acids is 3. The number of amides is 2. The van der Waals surface area contributed by atoms with Crippen LogP contribution in [0.3, 0.4) is 0 Å². The molecule has 3 aromatic carbocycles. The molecule has 7 nitrogen and oxygen atoms in total. The lowest BCUT2D eigenvalue weighted by molar-refractivity contribution is -0.123. The van der Waals surface area contributed by atoms with Gasteiger partial charge in [-0.05, 0) is 85.3 Å². The molecule has 37 heavy (non-hydrogen) atoms. The molecule has 1 aliphatic heterocycles. The largest absolute Gasteiger partial charge is 0.492 e. The van der Waals surface area contributed by atoms with E-state index in [-0.39, 0.29) is 29.0 Å². The highest BCUT2D eigenvalue weighted by molar-refractivity contribution is 8.18. The van der Waals surface area contributed by atoms with Crippen LogP contribution in [0.25, 0.3) is 6.08 Å². The van der Waals surface area contributed by atoms with Gasteiger partial charge in [0.2, 0.25) is 0 Å². The molecule has 3 aromatic rings. The molecule has 0 radical (unpaired) electrons. The highest BCUT2D eigenvalue weighted by atomic mass is 35.5. The molecule has 0 unspecified atom stereocenters. The van der Waals surface area contributed by atoms with Crippen LogP contribution in [0.4, 0.5) is 4.79 Å². The summed E-state index contributed by atoms with van der Waals surface area (Å²) in [7, 11) is 0. The molecule has 1 heterocycles. The van der Waals surface area contributed by atoms with Gasteiger partial charge in [-0.25, -0.2) is 4.79 Å². The number of carbonyl (C=O) groups is 3. The fourth-order valence-electron chi connectivity index (χ4n) is 3.55. The molecule has 0 atom stereocenters. The van der Waals surface area contributed by atoms with E-state index in [9.17, 15) is 14.4 Å². The molecular formula is C28H24ClNO6S. The second-order valence-corrected chi connectivity index (χ2v) is 9.47. The Labute approximate surface area is 224 Å². The first-order valence-corrected chi connectivity index (χ1v) is 12.7. The van der Waals surface area contributed by atoms with Gasteiger partial charge in [0.15, 0.2) is 11.5 Å². The van der Waals surface area contributed by atoms with Crippen LogP contribution in [-0.2, 0) is 4.79 Å². The van der Waals surface area contributed by atoms with Crippen LogP contribution >= 0.6 is 23.4 Å². The summed E-state index contributed by atoms with van der Waals surface area (Å²) in [6.07, 6.45) is 1.61. The van der Waals surface area contributed by atoms with E-state index in [0.717, 1.165) is 22.2 Å². The number of rotatable bonds is 9. The van der Waals surface area contributed by atoms with Crippen molar-refractivity contribution in [2.75, 3.05) is 19.8 Å². The average Bonchev–Trinajstić information content (AvgIpc) is 3.13. The summed E-state index contributed by atoms with van der Waals surface area (Å²) < 4.78 is 16.9. The summed E-state index contributed by atoms with van der Waals surface area (Å²) in [6, 6.07) is 18.9. The number of imide groups is 1. The molecule has 1 saturated heterocycles. The number of esters is 1. The van der Waals surface area contributed by atoms with E-state index in [1.54, 1.807) is 49.4 Å². The van der Waals surface area contributed by atoms with Crippen molar-refractivity contribution in [3.05, 3.63) is 93.3 Å². The number of ether oxygens (including phenoxy) is 3. The Balaban J connectivity index is 1.45. The molecular weight excluding hydrogens is 514 g/mol. The molecule has 0 aliphatic carbocycles. The maximum atomic E-state index is 12.9. The predicted octanol–water partition coefficient (Wildman–Crippen LogP) is 6.38. The Hall–Kier alpha value is -3.75. The predicted molar refractivity (Wildman–Crippen MR) is 143 cm³/mol. The zero-order valence-electron chi connectivity index (χ0n) is 20.2. The van der Waals surface area contributed by atoms with Crippen LogP contribution in [0.5, 0.6) is 17.2 Å². The van der Waals surface area contributed by atoms with Gasteiger partial charge in [-0.2, -0.15) is 0 Å². The van der Waals surface area contributed by atoms with Crippen molar-refractivity contribution >= 4 is 46.6 Å². The first-order chi connectivity index (χ1) is 17.8. The van der Waals surface area contributed by atoms with Gasteiger partial charge >= 0.3 is 5.97 Å². The van der Waals surface area contributed by atoms with Crippen LogP contribution in [0, 0.1) is 6.92 Å². The lowest BCUT2D eigenvalue weighted by Gasteiger charge is -2.13. The van der Waals surface area contributed by atoms with Crippen LogP contribution in [0.2, 0.25) is 5.02 Å². The van der Waals surface area contributed by atoms with Crippen molar-refractivity contribution in [2.45, 2.75) is 13.8 Å². The first-order valence-electron chi connectivity index (χ1n) is 11.5. The quantitative estimate of drug-likeness (QED) is 0.178. The fraction of sp³-hybridized carbons (Fsp3) is 0.179. The van der Waals surface area contributed by atoms with Crippen LogP contribution < -0.4 is 14.2 Å². The van der Waals surface area contributed by atoms with Crippen LogP contribution in [0.1, 0.15) is 28.4 Å². The lowest BCUT2D eigenvalue weighted by Crippen LogP contribution is -2.32. The number of aryl methyl sites for hydroxylation is 1. The second-order valence-electron chi connectivity index (χ2n) is 8.04. The Morgan fingerprint density at radius 1 is 1.00 bits per heavy atom. The SMILES string of the molecule is CCOc1cc(/C=C2\SC(=O)N(CCOc3cccc(C)c3)C2=O)ccc1OC(=O)c1cccc(Cl)c1. The van der Waals surface area contributed by atoms with E-state index in [1.165, 1.54) is 6.07 Å². The van der Waals surface area contributed by atoms with Crippen molar-refractivity contribution in [3.8, 4) is 17.2 Å². The van der Waals surface area contributed by atoms with Crippen molar-refractivity contribution in [2.24, 2.45) is 0 Å². The molecule has 0 aromatic heterocycles. The minimum Gasteiger partial charge on any atom is -0.492 e. The van der Waals surface area contributed by atoms with Gasteiger partial charge < -0.3 is 14.2 Å². The van der Waals surface area contributed by atoms with Gasteiger partial charge in [0.05, 0.1) is 23.6 Å². The van der Waals surface area contributed by atoms with E-state index >= 15 is 0 Å². The summed E-state index contributed by atoms with van der Waals surface area (Å²) >= 11 is 6.83. The van der Waals surface area contributed by atoms with Crippen LogP contribution in [0.15, 0.2) is 71.6 Å². The third-order valence-corrected chi connectivity index (χ3v) is 6.42. The molecule has 0 spiro atoms. The normalized spacial score (nSPS) is 14.2. The van der Waals surface area contributed by atoms with E-state index in [4.69, 9.17) is 25.8 Å². The summed E-state index contributed by atoms with van der Waals surface area (Å²) in [5.74, 6) is 0.271. The number of hydrogen-bond acceptors (Lipinski definition) is 7. The summed E-state index contributed by atoms with van der Waals surface area (Å²) in [6.45, 7) is 4.43. The monoisotopic (exact) mass is 537 g/mol. The number of hydrogen-bond donors (Lipinski definition) is 0. The maximum absolute atomic E-state index is 12.9. The highest BCUT2D eigenvalue weighted by Gasteiger charge is 2.34. The molecule has 2 amide bonds. The lowest BCUT2D eigenvalue weighted by atomic mass is 10.1. The van der Waals surface area contributed by atoms with Crippen molar-refractivity contribution in [3.63, 3.8) is 0 Å². The summed E-state index contributed by atoms with van der Waals surface area (Å²) in [4.78, 5) is 39.3. The van der Waals surface area contributed by atoms with E-state index < -0.39 is 11.9 Å². The molecule has 190 valence electrons.